The van der Waals surface area contributed by atoms with E-state index in [0.717, 1.165) is 6.42 Å². The molecule has 0 heterocycles. The monoisotopic (exact) mass is 414 g/mol. The Morgan fingerprint density at radius 1 is 0.917 bits per heavy atom. The zero-order valence-electron chi connectivity index (χ0n) is 15.1. The largest absolute Gasteiger partial charge is 1.00 e. The van der Waals surface area contributed by atoms with E-state index in [1.807, 2.05) is 0 Å². The van der Waals surface area contributed by atoms with Gasteiger partial charge in [0.25, 0.3) is 0 Å². The van der Waals surface area contributed by atoms with Crippen molar-refractivity contribution in [2.24, 2.45) is 0 Å². The fraction of sp³-hybridized carbons (Fsp3) is 0.368. The Morgan fingerprint density at radius 2 is 1.54 bits per heavy atom. The zero-order valence-corrected chi connectivity index (χ0v) is 19.3. The summed E-state index contributed by atoms with van der Waals surface area (Å²) in [7, 11) is 0. The van der Waals surface area contributed by atoms with Gasteiger partial charge < -0.3 is 24.8 Å². The fourth-order valence-electron chi connectivity index (χ4n) is 3.34. The summed E-state index contributed by atoms with van der Waals surface area (Å²) in [5.74, 6) is 0. The van der Waals surface area contributed by atoms with Crippen LogP contribution < -0.4 is 32.5 Å². The Morgan fingerprint density at radius 3 is 2.17 bits per heavy atom. The quantitative estimate of drug-likeness (QED) is 0.479. The standard InChI is InChI=1S/C13H9.C4H10N.C2H7Si.2ClH.Ti/c1-3-7-12-10(5-1)9-11-6-2-4-8-13(11)12;1-4(2,3)5;1-3-2;;;/h1-5,7-8H,9H2;5H,1-3H3;3H,1-2H3;2*1H;/q;-1;;;;+3/p-2. The molecule has 0 aromatic heterocycles. The molecule has 0 bridgehead atoms. The molecule has 5 heteroatoms. The predicted molar refractivity (Wildman–Crippen MR) is 96.1 cm³/mol. The summed E-state index contributed by atoms with van der Waals surface area (Å²) in [4.78, 5) is 0. The van der Waals surface area contributed by atoms with Crippen LogP contribution in [0.5, 0.6) is 0 Å². The third-order valence-corrected chi connectivity index (χ3v) is 15.9. The van der Waals surface area contributed by atoms with Crippen molar-refractivity contribution in [1.82, 2.24) is 3.80 Å². The first-order valence-electron chi connectivity index (χ1n) is 8.22. The molecule has 0 amide bonds. The van der Waals surface area contributed by atoms with Gasteiger partial charge in [0.05, 0.1) is 0 Å². The van der Waals surface area contributed by atoms with Gasteiger partial charge in [0.1, 0.15) is 0 Å². The summed E-state index contributed by atoms with van der Waals surface area (Å²) in [6, 6.07) is 15.9. The van der Waals surface area contributed by atoms with Gasteiger partial charge in [0.2, 0.25) is 0 Å². The van der Waals surface area contributed by atoms with E-state index in [2.05, 4.69) is 80.1 Å². The van der Waals surface area contributed by atoms with E-state index >= 15 is 0 Å². The summed E-state index contributed by atoms with van der Waals surface area (Å²) < 4.78 is 5.76. The molecule has 0 atom stereocenters. The van der Waals surface area contributed by atoms with E-state index in [4.69, 9.17) is 0 Å². The van der Waals surface area contributed by atoms with Crippen LogP contribution in [-0.2, 0) is 23.8 Å². The second kappa shape index (κ2) is 8.53. The van der Waals surface area contributed by atoms with Crippen LogP contribution in [0.4, 0.5) is 0 Å². The number of nitrogens with one attached hydrogen (secondary N) is 1. The van der Waals surface area contributed by atoms with Crippen LogP contribution in [0.15, 0.2) is 42.5 Å². The van der Waals surface area contributed by atoms with Gasteiger partial charge in [-0.2, -0.15) is 0 Å². The minimum Gasteiger partial charge on any atom is -1.00 e. The van der Waals surface area contributed by atoms with Crippen LogP contribution in [0.25, 0.3) is 11.1 Å². The molecule has 0 radical (unpaired) electrons. The normalized spacial score (nSPS) is 12.1. The number of hydrogen-bond donors (Lipinski definition) is 1. The van der Waals surface area contributed by atoms with Gasteiger partial charge in [-0.25, -0.2) is 0 Å². The molecule has 0 fully saturated rings. The third-order valence-electron chi connectivity index (χ3n) is 4.23. The van der Waals surface area contributed by atoms with Gasteiger partial charge in [0.15, 0.2) is 0 Å². The van der Waals surface area contributed by atoms with E-state index in [1.54, 1.807) is 9.43 Å². The zero-order chi connectivity index (χ0) is 15.9. The summed E-state index contributed by atoms with van der Waals surface area (Å²) >= 11 is -1.40. The Labute approximate surface area is 166 Å². The van der Waals surface area contributed by atoms with Crippen LogP contribution in [0.3, 0.4) is 0 Å². The summed E-state index contributed by atoms with van der Waals surface area (Å²) in [5, 5.41) is 0. The predicted octanol–water partition coefficient (Wildman–Crippen LogP) is -2.20. The van der Waals surface area contributed by atoms with Crippen LogP contribution >= 0.6 is 0 Å². The maximum absolute atomic E-state index is 4.06. The van der Waals surface area contributed by atoms with Gasteiger partial charge >= 0.3 is 142 Å². The Kier molecular flexibility index (Phi) is 7.80. The van der Waals surface area contributed by atoms with Crippen molar-refractivity contribution in [3.05, 3.63) is 53.6 Å². The molecule has 0 spiro atoms. The van der Waals surface area contributed by atoms with Gasteiger partial charge in [0, 0.05) is 0 Å². The van der Waals surface area contributed by atoms with Gasteiger partial charge in [-0.15, -0.1) is 0 Å². The van der Waals surface area contributed by atoms with Crippen LogP contribution in [0, 0.1) is 0 Å². The second-order valence-electron chi connectivity index (χ2n) is 7.61. The molecule has 1 N–H and O–H groups in total. The number of rotatable bonds is 3. The van der Waals surface area contributed by atoms with Crippen molar-refractivity contribution in [3.63, 3.8) is 0 Å². The molecular formula is C19H26Cl2NSiTi. The molecule has 0 saturated heterocycles. The smallest absolute Gasteiger partial charge is 1.00 e. The second-order valence-corrected chi connectivity index (χ2v) is 20.2. The average molecular weight is 415 g/mol. The van der Waals surface area contributed by atoms with Crippen molar-refractivity contribution in [3.8, 4) is 11.1 Å². The van der Waals surface area contributed by atoms with E-state index in [9.17, 15) is 0 Å². The minimum atomic E-state index is -1.40. The van der Waals surface area contributed by atoms with Gasteiger partial charge in [-0.05, 0) is 0 Å². The summed E-state index contributed by atoms with van der Waals surface area (Å²) in [5.41, 5.74) is 6.29. The maximum Gasteiger partial charge on any atom is -1.00 e. The molecule has 2 aromatic carbocycles. The molecular weight excluding hydrogens is 389 g/mol. The Hall–Kier alpha value is -0.0888. The van der Waals surface area contributed by atoms with Crippen molar-refractivity contribution in [1.29, 1.82) is 0 Å². The molecule has 0 aliphatic heterocycles. The van der Waals surface area contributed by atoms with Crippen LogP contribution in [0.1, 0.15) is 31.9 Å². The third kappa shape index (κ3) is 4.55. The topological polar surface area (TPSA) is 12.0 Å². The Balaban J connectivity index is 0.00000144. The van der Waals surface area contributed by atoms with Crippen LogP contribution in [0.2, 0.25) is 13.1 Å². The summed E-state index contributed by atoms with van der Waals surface area (Å²) in [6.07, 6.45) is 1.13. The Bertz CT molecular complexity index is 698. The van der Waals surface area contributed by atoms with E-state index in [-0.39, 0.29) is 30.4 Å². The van der Waals surface area contributed by atoms with Crippen molar-refractivity contribution < 1.29 is 42.2 Å². The number of fused-ring (bicyclic) bond motifs is 3. The minimum absolute atomic E-state index is 0. The average Bonchev–Trinajstić information content (AvgIpc) is 2.82. The fourth-order valence-corrected chi connectivity index (χ4v) is 14.2. The van der Waals surface area contributed by atoms with Crippen molar-refractivity contribution in [2.45, 2.75) is 45.8 Å². The molecule has 1 aliphatic rings. The molecule has 24 heavy (non-hydrogen) atoms. The van der Waals surface area contributed by atoms with Crippen molar-refractivity contribution in [2.75, 3.05) is 0 Å². The van der Waals surface area contributed by atoms with Crippen molar-refractivity contribution >= 4 is 10.5 Å². The number of hydrogen-bond acceptors (Lipinski definition) is 1. The van der Waals surface area contributed by atoms with E-state index in [0.29, 0.717) is 0 Å². The first-order chi connectivity index (χ1) is 10.4. The molecule has 1 aliphatic carbocycles. The number of benzene rings is 2. The number of halogens is 2. The molecule has 2 aromatic rings. The molecule has 3 rings (SSSR count). The molecule has 129 valence electrons. The maximum atomic E-state index is 4.06. The van der Waals surface area contributed by atoms with E-state index < -0.39 is 24.0 Å². The summed E-state index contributed by atoms with van der Waals surface area (Å²) in [6.45, 7) is 11.3. The molecule has 1 nitrogen and oxygen atoms in total. The molecule has 0 saturated carbocycles. The van der Waals surface area contributed by atoms with Gasteiger partial charge in [-0.1, -0.05) is 0 Å². The van der Waals surface area contributed by atoms with Gasteiger partial charge in [-0.3, -0.25) is 0 Å². The first-order valence-corrected chi connectivity index (χ1v) is 15.4. The SMILES string of the molecule is C[SiH](C)[Ti+2]([NH]C(C)(C)C)[c]1cccc2c1Cc1ccccc1-2.[Cl-].[Cl-]. The van der Waals surface area contributed by atoms with E-state index in [1.165, 1.54) is 16.7 Å². The first kappa shape index (κ1) is 22.0. The molecule has 0 unspecified atom stereocenters. The van der Waals surface area contributed by atoms with Crippen LogP contribution in [-0.4, -0.2) is 12.2 Å².